The van der Waals surface area contributed by atoms with Gasteiger partial charge >= 0.3 is 0 Å². The molecule has 2 N–H and O–H groups in total. The van der Waals surface area contributed by atoms with Crippen molar-refractivity contribution in [1.29, 1.82) is 0 Å². The fraction of sp³-hybridized carbons (Fsp3) is 0.167. The molecule has 0 saturated heterocycles. The molecule has 0 bridgehead atoms. The fourth-order valence-corrected chi connectivity index (χ4v) is 4.13. The van der Waals surface area contributed by atoms with Crippen LogP contribution >= 0.6 is 0 Å². The second-order valence-electron chi connectivity index (χ2n) is 7.21. The Morgan fingerprint density at radius 2 is 1.57 bits per heavy atom. The lowest BCUT2D eigenvalue weighted by Gasteiger charge is -2.17. The van der Waals surface area contributed by atoms with Gasteiger partial charge in [-0.3, -0.25) is 4.72 Å². The van der Waals surface area contributed by atoms with Gasteiger partial charge < -0.3 is 24.1 Å². The average Bonchev–Trinajstić information content (AvgIpc) is 2.93. The standard InChI is InChI=1S/C24H23N5O7S/c1-33-18-6-3-4-7-19(18)36-20-21(27-23(28-24(20)34-2)22-25-12-5-13-26-22)29-37(31,32)17-10-8-16(9-11-17)35-15-14-30/h3-13,30H,14-15H2,1-2H3,(H,27,28,29). The lowest BCUT2D eigenvalue weighted by Crippen LogP contribution is -2.16. The molecule has 0 aliphatic rings. The molecule has 0 saturated carbocycles. The van der Waals surface area contributed by atoms with E-state index < -0.39 is 10.0 Å². The summed E-state index contributed by atoms with van der Waals surface area (Å²) in [5.41, 5.74) is 0. The summed E-state index contributed by atoms with van der Waals surface area (Å²) in [6.45, 7) is -0.0847. The van der Waals surface area contributed by atoms with Gasteiger partial charge in [0.25, 0.3) is 15.9 Å². The number of nitrogens with one attached hydrogen (secondary N) is 1. The molecule has 192 valence electrons. The first-order valence-electron chi connectivity index (χ1n) is 10.9. The predicted molar refractivity (Wildman–Crippen MR) is 133 cm³/mol. The Morgan fingerprint density at radius 1 is 0.865 bits per heavy atom. The summed E-state index contributed by atoms with van der Waals surface area (Å²) >= 11 is 0. The first-order chi connectivity index (χ1) is 17.9. The highest BCUT2D eigenvalue weighted by Crippen LogP contribution is 2.41. The number of nitrogens with zero attached hydrogens (tertiary/aromatic N) is 4. The molecule has 0 atom stereocenters. The Labute approximate surface area is 213 Å². The van der Waals surface area contributed by atoms with Gasteiger partial charge in [0.1, 0.15) is 12.4 Å². The molecule has 0 aliphatic carbocycles. The summed E-state index contributed by atoms with van der Waals surface area (Å²) < 4.78 is 51.1. The second-order valence-corrected chi connectivity index (χ2v) is 8.89. The van der Waals surface area contributed by atoms with E-state index in [4.69, 9.17) is 24.1 Å². The first kappa shape index (κ1) is 25.6. The molecular weight excluding hydrogens is 502 g/mol. The highest BCUT2D eigenvalue weighted by Gasteiger charge is 2.25. The third kappa shape index (κ3) is 6.02. The van der Waals surface area contributed by atoms with Crippen LogP contribution in [0.3, 0.4) is 0 Å². The number of anilines is 1. The zero-order chi connectivity index (χ0) is 26.3. The molecule has 0 unspecified atom stereocenters. The summed E-state index contributed by atoms with van der Waals surface area (Å²) in [6, 6.07) is 14.1. The molecule has 0 radical (unpaired) electrons. The molecule has 4 rings (SSSR count). The molecule has 12 nitrogen and oxygen atoms in total. The minimum absolute atomic E-state index is 0.00952. The van der Waals surface area contributed by atoms with E-state index >= 15 is 0 Å². The summed E-state index contributed by atoms with van der Waals surface area (Å²) in [5.74, 6) is 0.868. The molecule has 37 heavy (non-hydrogen) atoms. The molecule has 0 aliphatic heterocycles. The smallest absolute Gasteiger partial charge is 0.263 e. The summed E-state index contributed by atoms with van der Waals surface area (Å²) in [6.07, 6.45) is 3.00. The van der Waals surface area contributed by atoms with E-state index in [9.17, 15) is 8.42 Å². The number of sulfonamides is 1. The molecule has 2 heterocycles. The molecule has 2 aromatic heterocycles. The average molecular weight is 526 g/mol. The van der Waals surface area contributed by atoms with E-state index in [0.29, 0.717) is 11.5 Å². The Hall–Kier alpha value is -4.49. The maximum absolute atomic E-state index is 13.3. The van der Waals surface area contributed by atoms with Crippen LogP contribution in [0, 0.1) is 0 Å². The number of benzene rings is 2. The normalized spacial score (nSPS) is 11.0. The number of hydrogen-bond donors (Lipinski definition) is 2. The van der Waals surface area contributed by atoms with E-state index in [-0.39, 0.29) is 53.0 Å². The highest BCUT2D eigenvalue weighted by atomic mass is 32.2. The van der Waals surface area contributed by atoms with E-state index in [2.05, 4.69) is 24.7 Å². The van der Waals surface area contributed by atoms with Gasteiger partial charge in [-0.15, -0.1) is 0 Å². The Bertz CT molecular complexity index is 1450. The lowest BCUT2D eigenvalue weighted by atomic mass is 10.3. The minimum Gasteiger partial charge on any atom is -0.493 e. The Morgan fingerprint density at radius 3 is 2.22 bits per heavy atom. The minimum atomic E-state index is -4.16. The van der Waals surface area contributed by atoms with Crippen LogP contribution in [-0.2, 0) is 10.0 Å². The van der Waals surface area contributed by atoms with Crippen LogP contribution in [0.25, 0.3) is 11.6 Å². The van der Waals surface area contributed by atoms with Gasteiger partial charge in [0.15, 0.2) is 23.1 Å². The second kappa shape index (κ2) is 11.5. The number of hydrogen-bond acceptors (Lipinski definition) is 11. The van der Waals surface area contributed by atoms with E-state index in [1.807, 2.05) is 0 Å². The van der Waals surface area contributed by atoms with Crippen molar-refractivity contribution in [2.45, 2.75) is 4.90 Å². The number of ether oxygens (including phenoxy) is 4. The SMILES string of the molecule is COc1ccccc1Oc1c(NS(=O)(=O)c2ccc(OCCO)cc2)nc(-c2ncccn2)nc1OC. The third-order valence-electron chi connectivity index (χ3n) is 4.80. The number of aromatic nitrogens is 4. The largest absolute Gasteiger partial charge is 0.493 e. The van der Waals surface area contributed by atoms with Gasteiger partial charge in [-0.05, 0) is 42.5 Å². The van der Waals surface area contributed by atoms with E-state index in [1.165, 1.54) is 50.9 Å². The Balaban J connectivity index is 1.78. The zero-order valence-electron chi connectivity index (χ0n) is 19.9. The van der Waals surface area contributed by atoms with Crippen molar-refractivity contribution < 1.29 is 32.5 Å². The summed E-state index contributed by atoms with van der Waals surface area (Å²) in [7, 11) is -1.32. The number of para-hydroxylation sites is 2. The monoisotopic (exact) mass is 525 g/mol. The number of aliphatic hydroxyl groups excluding tert-OH is 1. The first-order valence-corrected chi connectivity index (χ1v) is 12.3. The molecule has 2 aromatic carbocycles. The van der Waals surface area contributed by atoms with Crippen molar-refractivity contribution in [2.24, 2.45) is 0 Å². The van der Waals surface area contributed by atoms with Crippen molar-refractivity contribution in [3.63, 3.8) is 0 Å². The maximum Gasteiger partial charge on any atom is 0.263 e. The van der Waals surface area contributed by atoms with Gasteiger partial charge in [-0.1, -0.05) is 12.1 Å². The molecular formula is C24H23N5O7S. The topological polar surface area (TPSA) is 155 Å². The van der Waals surface area contributed by atoms with Crippen molar-refractivity contribution in [3.8, 4) is 40.5 Å². The number of methoxy groups -OCH3 is 2. The van der Waals surface area contributed by atoms with Crippen LogP contribution in [0.1, 0.15) is 0 Å². The Kier molecular flexibility index (Phi) is 7.95. The quantitative estimate of drug-likeness (QED) is 0.297. The molecule has 13 heteroatoms. The van der Waals surface area contributed by atoms with Gasteiger partial charge in [0.2, 0.25) is 11.6 Å². The molecule has 0 amide bonds. The number of rotatable bonds is 11. The van der Waals surface area contributed by atoms with Crippen LogP contribution in [0.2, 0.25) is 0 Å². The number of aliphatic hydroxyl groups is 1. The molecule has 0 spiro atoms. The van der Waals surface area contributed by atoms with Crippen molar-refractivity contribution in [2.75, 3.05) is 32.2 Å². The van der Waals surface area contributed by atoms with Crippen LogP contribution < -0.4 is 23.7 Å². The third-order valence-corrected chi connectivity index (χ3v) is 6.15. The molecule has 0 fully saturated rings. The highest BCUT2D eigenvalue weighted by molar-refractivity contribution is 7.92. The van der Waals surface area contributed by atoms with Gasteiger partial charge in [-0.25, -0.2) is 23.4 Å². The van der Waals surface area contributed by atoms with Gasteiger partial charge in [0.05, 0.1) is 25.7 Å². The van der Waals surface area contributed by atoms with Crippen LogP contribution in [-0.4, -0.2) is 60.9 Å². The van der Waals surface area contributed by atoms with Crippen LogP contribution in [0.5, 0.6) is 28.9 Å². The van der Waals surface area contributed by atoms with Crippen molar-refractivity contribution >= 4 is 15.8 Å². The van der Waals surface area contributed by atoms with Crippen LogP contribution in [0.15, 0.2) is 71.9 Å². The van der Waals surface area contributed by atoms with Crippen LogP contribution in [0.4, 0.5) is 5.82 Å². The van der Waals surface area contributed by atoms with E-state index in [0.717, 1.165) is 0 Å². The fourth-order valence-electron chi connectivity index (χ4n) is 3.12. The maximum atomic E-state index is 13.3. The molecule has 4 aromatic rings. The predicted octanol–water partition coefficient (Wildman–Crippen LogP) is 2.92. The summed E-state index contributed by atoms with van der Waals surface area (Å²) in [5, 5.41) is 8.91. The van der Waals surface area contributed by atoms with Gasteiger partial charge in [0, 0.05) is 12.4 Å². The van der Waals surface area contributed by atoms with Gasteiger partial charge in [-0.2, -0.15) is 4.98 Å². The lowest BCUT2D eigenvalue weighted by molar-refractivity contribution is 0.201. The van der Waals surface area contributed by atoms with Crippen molar-refractivity contribution in [1.82, 2.24) is 19.9 Å². The summed E-state index contributed by atoms with van der Waals surface area (Å²) in [4.78, 5) is 16.9. The van der Waals surface area contributed by atoms with E-state index in [1.54, 1.807) is 30.3 Å². The zero-order valence-corrected chi connectivity index (χ0v) is 20.7. The van der Waals surface area contributed by atoms with Crippen molar-refractivity contribution in [3.05, 3.63) is 67.0 Å².